The Hall–Kier alpha value is -2.15. The van der Waals surface area contributed by atoms with Gasteiger partial charge in [0.05, 0.1) is 5.92 Å². The van der Waals surface area contributed by atoms with Crippen molar-refractivity contribution >= 4 is 34.8 Å². The van der Waals surface area contributed by atoms with Crippen molar-refractivity contribution in [3.63, 3.8) is 0 Å². The number of fused-ring (bicyclic) bond motifs is 2. The summed E-state index contributed by atoms with van der Waals surface area (Å²) in [6, 6.07) is 10.4. The van der Waals surface area contributed by atoms with Gasteiger partial charge in [0.1, 0.15) is 0 Å². The largest absolute Gasteiger partial charge is 0.324 e. The third-order valence-electron chi connectivity index (χ3n) is 5.28. The minimum atomic E-state index is -1.44. The van der Waals surface area contributed by atoms with Crippen LogP contribution in [0.3, 0.4) is 0 Å². The molecule has 8 heteroatoms. The van der Waals surface area contributed by atoms with E-state index in [1.54, 1.807) is 42.5 Å². The van der Waals surface area contributed by atoms with E-state index in [-0.39, 0.29) is 11.0 Å². The van der Waals surface area contributed by atoms with Crippen LogP contribution < -0.4 is 10.6 Å². The third-order valence-corrected chi connectivity index (χ3v) is 5.85. The monoisotopic (exact) mass is 391 g/mol. The first-order valence-electron chi connectivity index (χ1n) is 8.13. The van der Waals surface area contributed by atoms with E-state index < -0.39 is 23.4 Å². The second-order valence-corrected chi connectivity index (χ2v) is 7.51. The van der Waals surface area contributed by atoms with Gasteiger partial charge in [-0.25, -0.2) is 0 Å². The highest BCUT2D eigenvalue weighted by atomic mass is 35.5. The number of carbonyl (C=O) groups is 1. The summed E-state index contributed by atoms with van der Waals surface area (Å²) in [6.07, 6.45) is 0. The van der Waals surface area contributed by atoms with E-state index >= 15 is 0 Å². The number of anilines is 1. The minimum Gasteiger partial charge on any atom is -0.324 e. The number of hydrogen-bond acceptors (Lipinski definition) is 4. The fraction of sp³-hybridized carbons (Fsp3) is 0.278. The van der Waals surface area contributed by atoms with Crippen molar-refractivity contribution in [2.75, 3.05) is 5.32 Å². The Balaban J connectivity index is 1.92. The van der Waals surface area contributed by atoms with Crippen LogP contribution in [0, 0.1) is 10.1 Å². The van der Waals surface area contributed by atoms with Crippen LogP contribution in [0.4, 0.5) is 5.69 Å². The fourth-order valence-corrected chi connectivity index (χ4v) is 4.83. The number of nitro groups is 1. The minimum absolute atomic E-state index is 0.346. The van der Waals surface area contributed by atoms with Crippen molar-refractivity contribution < 1.29 is 9.72 Å². The molecule has 1 amide bonds. The Bertz CT molecular complexity index is 936. The average molecular weight is 392 g/mol. The molecule has 0 bridgehead atoms. The van der Waals surface area contributed by atoms with Gasteiger partial charge in [-0.15, -0.1) is 0 Å². The molecule has 2 aliphatic rings. The van der Waals surface area contributed by atoms with Gasteiger partial charge in [0, 0.05) is 32.3 Å². The van der Waals surface area contributed by atoms with E-state index in [1.807, 2.05) is 6.92 Å². The Morgan fingerprint density at radius 3 is 2.62 bits per heavy atom. The molecule has 0 unspecified atom stereocenters. The van der Waals surface area contributed by atoms with Gasteiger partial charge < -0.3 is 5.32 Å². The number of halogens is 2. The van der Waals surface area contributed by atoms with Crippen molar-refractivity contribution in [3.05, 3.63) is 73.8 Å². The molecule has 0 aliphatic carbocycles. The van der Waals surface area contributed by atoms with Gasteiger partial charge in [-0.2, -0.15) is 0 Å². The summed E-state index contributed by atoms with van der Waals surface area (Å²) in [7, 11) is 0. The molecule has 0 radical (unpaired) electrons. The molecular weight excluding hydrogens is 377 g/mol. The molecule has 2 heterocycles. The number of para-hydroxylation sites is 1. The first kappa shape index (κ1) is 17.3. The molecular formula is C18H15Cl2N3O3. The highest BCUT2D eigenvalue weighted by Crippen LogP contribution is 2.50. The number of nitrogens with one attached hydrogen (secondary N) is 2. The molecule has 0 aromatic heterocycles. The zero-order valence-electron chi connectivity index (χ0n) is 13.7. The van der Waals surface area contributed by atoms with Crippen LogP contribution in [0.5, 0.6) is 0 Å². The Morgan fingerprint density at radius 1 is 1.19 bits per heavy atom. The van der Waals surface area contributed by atoms with Gasteiger partial charge in [-0.3, -0.25) is 20.2 Å². The molecule has 26 heavy (non-hydrogen) atoms. The molecule has 134 valence electrons. The van der Waals surface area contributed by atoms with Crippen LogP contribution in [-0.2, 0) is 10.3 Å². The van der Waals surface area contributed by atoms with E-state index in [0.29, 0.717) is 26.9 Å². The lowest BCUT2D eigenvalue weighted by Crippen LogP contribution is -2.54. The average Bonchev–Trinajstić information content (AvgIpc) is 3.03. The molecule has 1 fully saturated rings. The maximum atomic E-state index is 12.9. The lowest BCUT2D eigenvalue weighted by atomic mass is 9.78. The Kier molecular flexibility index (Phi) is 3.95. The number of nitrogens with zero attached hydrogens (tertiary/aromatic N) is 1. The zero-order chi connectivity index (χ0) is 18.6. The molecule has 1 spiro atoms. The molecule has 2 N–H and O–H groups in total. The second kappa shape index (κ2) is 5.94. The molecule has 2 aliphatic heterocycles. The maximum Gasteiger partial charge on any atom is 0.256 e. The lowest BCUT2D eigenvalue weighted by molar-refractivity contribution is -0.532. The summed E-state index contributed by atoms with van der Waals surface area (Å²) in [5, 5.41) is 18.9. The third kappa shape index (κ3) is 2.26. The standard InChI is InChI=1S/C18H15Cl2N3O3/c1-9-15(11-7-6-10(19)8-13(11)20)16(23(25)26)18(22-9)12-4-2-3-5-14(12)21-17(18)24/h2-9,15-16,22H,1H3,(H,21,24)/t9-,15+,16+,18-/m0/s1. The highest BCUT2D eigenvalue weighted by Gasteiger charge is 2.67. The summed E-state index contributed by atoms with van der Waals surface area (Å²) >= 11 is 12.3. The van der Waals surface area contributed by atoms with Crippen LogP contribution in [0.15, 0.2) is 42.5 Å². The predicted molar refractivity (Wildman–Crippen MR) is 99.3 cm³/mol. The van der Waals surface area contributed by atoms with Crippen LogP contribution in [0.2, 0.25) is 10.0 Å². The maximum absolute atomic E-state index is 12.9. The van der Waals surface area contributed by atoms with Crippen LogP contribution in [-0.4, -0.2) is 22.9 Å². The first-order chi connectivity index (χ1) is 12.4. The fourth-order valence-electron chi connectivity index (χ4n) is 4.29. The SMILES string of the molecule is C[C@@H]1N[C@]2(C(=O)Nc3ccccc32)[C@H]([N+](=O)[O-])[C@H]1c1ccc(Cl)cc1Cl. The number of benzene rings is 2. The molecule has 4 atom stereocenters. The Labute approximate surface area is 159 Å². The van der Waals surface area contributed by atoms with Gasteiger partial charge in [0.15, 0.2) is 5.54 Å². The van der Waals surface area contributed by atoms with E-state index in [4.69, 9.17) is 23.2 Å². The van der Waals surface area contributed by atoms with Crippen molar-refractivity contribution in [1.82, 2.24) is 5.32 Å². The summed E-state index contributed by atoms with van der Waals surface area (Å²) in [4.78, 5) is 24.7. The Morgan fingerprint density at radius 2 is 1.92 bits per heavy atom. The van der Waals surface area contributed by atoms with Gasteiger partial charge in [0.25, 0.3) is 11.9 Å². The second-order valence-electron chi connectivity index (χ2n) is 6.66. The van der Waals surface area contributed by atoms with E-state index in [0.717, 1.165) is 0 Å². The number of hydrogen-bond donors (Lipinski definition) is 2. The quantitative estimate of drug-likeness (QED) is 0.605. The van der Waals surface area contributed by atoms with Crippen LogP contribution >= 0.6 is 23.2 Å². The summed E-state index contributed by atoms with van der Waals surface area (Å²) in [5.41, 5.74) is 0.345. The van der Waals surface area contributed by atoms with E-state index in [9.17, 15) is 14.9 Å². The first-order valence-corrected chi connectivity index (χ1v) is 8.89. The van der Waals surface area contributed by atoms with Gasteiger partial charge in [-0.05, 0) is 30.7 Å². The summed E-state index contributed by atoms with van der Waals surface area (Å²) in [6.45, 7) is 1.83. The number of amides is 1. The number of carbonyl (C=O) groups excluding carboxylic acids is 1. The molecule has 6 nitrogen and oxygen atoms in total. The topological polar surface area (TPSA) is 84.3 Å². The molecule has 4 rings (SSSR count). The van der Waals surface area contributed by atoms with Gasteiger partial charge in [-0.1, -0.05) is 47.5 Å². The highest BCUT2D eigenvalue weighted by molar-refractivity contribution is 6.35. The zero-order valence-corrected chi connectivity index (χ0v) is 15.2. The van der Waals surface area contributed by atoms with Crippen LogP contribution in [0.25, 0.3) is 0 Å². The van der Waals surface area contributed by atoms with Crippen LogP contribution in [0.1, 0.15) is 24.0 Å². The molecule has 0 saturated carbocycles. The molecule has 2 aromatic carbocycles. The van der Waals surface area contributed by atoms with Crippen molar-refractivity contribution in [2.45, 2.75) is 30.5 Å². The van der Waals surface area contributed by atoms with Crippen molar-refractivity contribution in [1.29, 1.82) is 0 Å². The van der Waals surface area contributed by atoms with Gasteiger partial charge in [0.2, 0.25) is 0 Å². The predicted octanol–water partition coefficient (Wildman–Crippen LogP) is 3.56. The van der Waals surface area contributed by atoms with E-state index in [1.165, 1.54) is 0 Å². The van der Waals surface area contributed by atoms with Crippen molar-refractivity contribution in [3.8, 4) is 0 Å². The summed E-state index contributed by atoms with van der Waals surface area (Å²) < 4.78 is 0. The summed E-state index contributed by atoms with van der Waals surface area (Å²) in [5.74, 6) is -1.01. The molecule has 2 aromatic rings. The van der Waals surface area contributed by atoms with Crippen molar-refractivity contribution in [2.24, 2.45) is 0 Å². The molecule has 1 saturated heterocycles. The van der Waals surface area contributed by atoms with E-state index in [2.05, 4.69) is 10.6 Å². The normalized spacial score (nSPS) is 29.7. The lowest BCUT2D eigenvalue weighted by Gasteiger charge is -2.25. The smallest absolute Gasteiger partial charge is 0.256 e. The number of rotatable bonds is 2. The van der Waals surface area contributed by atoms with Gasteiger partial charge >= 0.3 is 0 Å².